The Bertz CT molecular complexity index is 964. The number of hydrogen-bond acceptors (Lipinski definition) is 4. The van der Waals surface area contributed by atoms with E-state index in [4.69, 9.17) is 0 Å². The van der Waals surface area contributed by atoms with Crippen LogP contribution in [0.15, 0.2) is 74.3 Å². The minimum absolute atomic E-state index is 0.649. The van der Waals surface area contributed by atoms with Crippen LogP contribution >= 0.6 is 0 Å². The number of anilines is 1. The van der Waals surface area contributed by atoms with E-state index < -0.39 is 0 Å². The van der Waals surface area contributed by atoms with E-state index in [1.54, 1.807) is 18.5 Å². The van der Waals surface area contributed by atoms with Gasteiger partial charge in [0.2, 0.25) is 0 Å². The standard InChI is InChI=1S/C20H19N5/c1-4-6-8-15(5-2)16-11-18-19(24-25-20(18)22-12-16)14(3)23-17-9-7-10-21-13-17/h4-13,23H,1,3H2,2H3,(H,22,24,25)/b8-6-,15-5+. The maximum atomic E-state index is 4.44. The third-order valence-corrected chi connectivity index (χ3v) is 3.72. The van der Waals surface area contributed by atoms with Gasteiger partial charge < -0.3 is 5.32 Å². The van der Waals surface area contributed by atoms with Gasteiger partial charge in [-0.1, -0.05) is 37.5 Å². The first-order valence-electron chi connectivity index (χ1n) is 7.89. The number of nitrogens with one attached hydrogen (secondary N) is 2. The molecule has 0 saturated heterocycles. The zero-order valence-corrected chi connectivity index (χ0v) is 14.0. The van der Waals surface area contributed by atoms with Crippen molar-refractivity contribution in [2.75, 3.05) is 5.32 Å². The lowest BCUT2D eigenvalue weighted by molar-refractivity contribution is 1.08. The summed E-state index contributed by atoms with van der Waals surface area (Å²) in [6, 6.07) is 5.85. The quantitative estimate of drug-likeness (QED) is 0.650. The van der Waals surface area contributed by atoms with Gasteiger partial charge in [-0.05, 0) is 30.7 Å². The van der Waals surface area contributed by atoms with Gasteiger partial charge in [0.15, 0.2) is 5.65 Å². The van der Waals surface area contributed by atoms with Crippen LogP contribution in [-0.4, -0.2) is 20.2 Å². The Morgan fingerprint density at radius 2 is 2.20 bits per heavy atom. The molecule has 0 aliphatic heterocycles. The van der Waals surface area contributed by atoms with E-state index in [9.17, 15) is 0 Å². The Hall–Kier alpha value is -3.47. The fourth-order valence-corrected chi connectivity index (χ4v) is 2.49. The molecule has 3 aromatic rings. The van der Waals surface area contributed by atoms with Crippen molar-refractivity contribution in [1.29, 1.82) is 0 Å². The van der Waals surface area contributed by atoms with E-state index in [-0.39, 0.29) is 0 Å². The van der Waals surface area contributed by atoms with E-state index in [0.717, 1.165) is 27.9 Å². The highest BCUT2D eigenvalue weighted by molar-refractivity contribution is 5.92. The minimum atomic E-state index is 0.649. The highest BCUT2D eigenvalue weighted by Crippen LogP contribution is 2.25. The van der Waals surface area contributed by atoms with Crippen LogP contribution < -0.4 is 5.32 Å². The van der Waals surface area contributed by atoms with E-state index >= 15 is 0 Å². The zero-order valence-electron chi connectivity index (χ0n) is 14.0. The fraction of sp³-hybridized carbons (Fsp3) is 0.0500. The number of H-pyrrole nitrogens is 1. The van der Waals surface area contributed by atoms with Gasteiger partial charge in [-0.3, -0.25) is 10.1 Å². The molecule has 0 radical (unpaired) electrons. The van der Waals surface area contributed by atoms with E-state index in [2.05, 4.69) is 44.7 Å². The largest absolute Gasteiger partial charge is 0.353 e. The number of aromatic amines is 1. The van der Waals surface area contributed by atoms with Gasteiger partial charge in [0.05, 0.1) is 23.3 Å². The Morgan fingerprint density at radius 3 is 2.92 bits per heavy atom. The Kier molecular flexibility index (Phi) is 4.85. The smallest absolute Gasteiger partial charge is 0.181 e. The Balaban J connectivity index is 1.97. The van der Waals surface area contributed by atoms with Crippen LogP contribution in [-0.2, 0) is 0 Å². The number of rotatable bonds is 6. The zero-order chi connectivity index (χ0) is 17.6. The molecule has 3 aromatic heterocycles. The summed E-state index contributed by atoms with van der Waals surface area (Å²) in [6.07, 6.45) is 13.0. The second-order valence-corrected chi connectivity index (χ2v) is 5.38. The molecule has 0 amide bonds. The molecule has 0 aliphatic rings. The molecule has 0 spiro atoms. The van der Waals surface area contributed by atoms with Crippen molar-refractivity contribution in [2.45, 2.75) is 6.92 Å². The number of nitrogens with zero attached hydrogens (tertiary/aromatic N) is 3. The van der Waals surface area contributed by atoms with Crippen LogP contribution in [0.5, 0.6) is 0 Å². The molecule has 124 valence electrons. The van der Waals surface area contributed by atoms with Crippen LogP contribution in [0, 0.1) is 0 Å². The van der Waals surface area contributed by atoms with Crippen LogP contribution in [0.1, 0.15) is 18.2 Å². The van der Waals surface area contributed by atoms with Gasteiger partial charge in [-0.2, -0.15) is 5.10 Å². The number of hydrogen-bond donors (Lipinski definition) is 2. The predicted molar refractivity (Wildman–Crippen MR) is 104 cm³/mol. The van der Waals surface area contributed by atoms with Crippen LogP contribution in [0.25, 0.3) is 22.3 Å². The maximum Gasteiger partial charge on any atom is 0.181 e. The SMILES string of the molecule is C=C/C=C\C(=C/C)c1cnc2n[nH]c(C(=C)Nc3cccnc3)c2c1. The van der Waals surface area contributed by atoms with E-state index in [1.165, 1.54) is 0 Å². The van der Waals surface area contributed by atoms with Gasteiger partial charge in [0, 0.05) is 23.3 Å². The summed E-state index contributed by atoms with van der Waals surface area (Å²) in [5.74, 6) is 0. The van der Waals surface area contributed by atoms with Gasteiger partial charge in [-0.25, -0.2) is 4.98 Å². The third-order valence-electron chi connectivity index (χ3n) is 3.72. The molecular weight excluding hydrogens is 310 g/mol. The molecule has 5 nitrogen and oxygen atoms in total. The molecule has 3 rings (SSSR count). The minimum Gasteiger partial charge on any atom is -0.353 e. The Morgan fingerprint density at radius 1 is 1.32 bits per heavy atom. The third kappa shape index (κ3) is 3.55. The molecule has 0 aromatic carbocycles. The average molecular weight is 329 g/mol. The van der Waals surface area contributed by atoms with Crippen LogP contribution in [0.3, 0.4) is 0 Å². The molecule has 0 aliphatic carbocycles. The van der Waals surface area contributed by atoms with Crippen molar-refractivity contribution in [1.82, 2.24) is 20.2 Å². The maximum absolute atomic E-state index is 4.44. The highest BCUT2D eigenvalue weighted by Gasteiger charge is 2.11. The second kappa shape index (κ2) is 7.40. The van der Waals surface area contributed by atoms with Crippen molar-refractivity contribution in [3.05, 3.63) is 85.5 Å². The van der Waals surface area contributed by atoms with Gasteiger partial charge in [-0.15, -0.1) is 0 Å². The molecule has 0 bridgehead atoms. The number of fused-ring (bicyclic) bond motifs is 1. The summed E-state index contributed by atoms with van der Waals surface area (Å²) in [4.78, 5) is 8.54. The lowest BCUT2D eigenvalue weighted by Crippen LogP contribution is -1.98. The molecule has 25 heavy (non-hydrogen) atoms. The fourth-order valence-electron chi connectivity index (χ4n) is 2.49. The summed E-state index contributed by atoms with van der Waals surface area (Å²) < 4.78 is 0. The molecule has 0 unspecified atom stereocenters. The van der Waals surface area contributed by atoms with E-state index in [0.29, 0.717) is 11.3 Å². The van der Waals surface area contributed by atoms with E-state index in [1.807, 2.05) is 43.5 Å². The normalized spacial score (nSPS) is 11.8. The lowest BCUT2D eigenvalue weighted by atomic mass is 10.1. The van der Waals surface area contributed by atoms with Crippen molar-refractivity contribution in [3.8, 4) is 0 Å². The van der Waals surface area contributed by atoms with Gasteiger partial charge >= 0.3 is 0 Å². The topological polar surface area (TPSA) is 66.5 Å². The van der Waals surface area contributed by atoms with Crippen LogP contribution in [0.2, 0.25) is 0 Å². The summed E-state index contributed by atoms with van der Waals surface area (Å²) in [5, 5.41) is 11.4. The highest BCUT2D eigenvalue weighted by atomic mass is 15.2. The van der Waals surface area contributed by atoms with Gasteiger partial charge in [0.1, 0.15) is 0 Å². The summed E-state index contributed by atoms with van der Waals surface area (Å²) in [7, 11) is 0. The first-order valence-corrected chi connectivity index (χ1v) is 7.89. The van der Waals surface area contributed by atoms with Crippen molar-refractivity contribution >= 4 is 28.0 Å². The van der Waals surface area contributed by atoms with Crippen molar-refractivity contribution in [2.24, 2.45) is 0 Å². The molecule has 5 heteroatoms. The molecule has 0 fully saturated rings. The first kappa shape index (κ1) is 16.4. The van der Waals surface area contributed by atoms with Crippen molar-refractivity contribution < 1.29 is 0 Å². The second-order valence-electron chi connectivity index (χ2n) is 5.38. The van der Waals surface area contributed by atoms with Crippen molar-refractivity contribution in [3.63, 3.8) is 0 Å². The number of aromatic nitrogens is 4. The van der Waals surface area contributed by atoms with Crippen LogP contribution in [0.4, 0.5) is 5.69 Å². The lowest BCUT2D eigenvalue weighted by Gasteiger charge is -2.08. The molecule has 2 N–H and O–H groups in total. The Labute approximate surface area is 146 Å². The number of pyridine rings is 2. The summed E-state index contributed by atoms with van der Waals surface area (Å²) in [6.45, 7) is 9.81. The molecular formula is C20H19N5. The first-order chi connectivity index (χ1) is 12.2. The molecule has 3 heterocycles. The monoisotopic (exact) mass is 329 g/mol. The van der Waals surface area contributed by atoms with Gasteiger partial charge in [0.25, 0.3) is 0 Å². The molecule has 0 atom stereocenters. The summed E-state index contributed by atoms with van der Waals surface area (Å²) in [5.41, 5.74) is 5.09. The summed E-state index contributed by atoms with van der Waals surface area (Å²) >= 11 is 0. The predicted octanol–water partition coefficient (Wildman–Crippen LogP) is 4.58. The molecule has 0 saturated carbocycles. The number of allylic oxidation sites excluding steroid dienone is 5. The average Bonchev–Trinajstić information content (AvgIpc) is 3.06.